The quantitative estimate of drug-likeness (QED) is 0.337. The molecule has 162 valence electrons. The number of carbonyl (C=O) groups excluding carboxylic acids is 2. The lowest BCUT2D eigenvalue weighted by Gasteiger charge is -2.07. The van der Waals surface area contributed by atoms with Crippen LogP contribution in [0.5, 0.6) is 11.5 Å². The largest absolute Gasteiger partial charge is 0.497 e. The minimum atomic E-state index is 0.0186. The number of carbonyl (C=O) groups is 2. The van der Waals surface area contributed by atoms with Gasteiger partial charge in [-0.15, -0.1) is 0 Å². The monoisotopic (exact) mass is 426 g/mol. The molecular weight excluding hydrogens is 400 g/mol. The Bertz CT molecular complexity index is 1190. The molecule has 0 spiro atoms. The Morgan fingerprint density at radius 3 is 1.47 bits per heavy atom. The van der Waals surface area contributed by atoms with Crippen molar-refractivity contribution >= 4 is 22.3 Å². The summed E-state index contributed by atoms with van der Waals surface area (Å²) in [6.45, 7) is 3.01. The van der Waals surface area contributed by atoms with Crippen LogP contribution in [0.1, 0.15) is 34.6 Å². The lowest BCUT2D eigenvalue weighted by Crippen LogP contribution is -1.95. The minimum absolute atomic E-state index is 0.0186. The van der Waals surface area contributed by atoms with E-state index in [0.29, 0.717) is 11.1 Å². The third-order valence-electron chi connectivity index (χ3n) is 5.17. The van der Waals surface area contributed by atoms with Crippen molar-refractivity contribution in [3.8, 4) is 22.6 Å². The van der Waals surface area contributed by atoms with E-state index in [4.69, 9.17) is 9.47 Å². The molecule has 4 aromatic carbocycles. The van der Waals surface area contributed by atoms with Crippen LogP contribution in [-0.4, -0.2) is 25.8 Å². The van der Waals surface area contributed by atoms with Gasteiger partial charge in [-0.05, 0) is 66.1 Å². The van der Waals surface area contributed by atoms with Crippen LogP contribution in [0.3, 0.4) is 0 Å². The third-order valence-corrected chi connectivity index (χ3v) is 5.17. The van der Waals surface area contributed by atoms with Crippen LogP contribution in [0, 0.1) is 0 Å². The molecule has 0 unspecified atom stereocenters. The predicted octanol–water partition coefficient (Wildman–Crippen LogP) is 6.62. The molecule has 0 saturated carbocycles. The Labute approximate surface area is 188 Å². The highest BCUT2D eigenvalue weighted by atomic mass is 16.5. The summed E-state index contributed by atoms with van der Waals surface area (Å²) in [4.78, 5) is 21.7. The molecule has 0 saturated heterocycles. The average Bonchev–Trinajstić information content (AvgIpc) is 2.83. The van der Waals surface area contributed by atoms with Gasteiger partial charge in [0.25, 0.3) is 0 Å². The number of methoxy groups -OCH3 is 2. The molecule has 0 aliphatic heterocycles. The fraction of sp³-hybridized carbons (Fsp3) is 0.143. The van der Waals surface area contributed by atoms with Gasteiger partial charge < -0.3 is 9.47 Å². The third kappa shape index (κ3) is 5.61. The van der Waals surface area contributed by atoms with E-state index in [1.807, 2.05) is 24.3 Å². The minimum Gasteiger partial charge on any atom is -0.497 e. The molecule has 0 atom stereocenters. The number of ketones is 2. The molecule has 4 nitrogen and oxygen atoms in total. The number of hydrogen-bond donors (Lipinski definition) is 0. The van der Waals surface area contributed by atoms with Crippen LogP contribution < -0.4 is 9.47 Å². The number of fused-ring (bicyclic) bond motifs is 1. The van der Waals surface area contributed by atoms with Gasteiger partial charge in [0.2, 0.25) is 0 Å². The smallest absolute Gasteiger partial charge is 0.159 e. The molecular formula is C28H26O4. The van der Waals surface area contributed by atoms with Crippen LogP contribution in [-0.2, 0) is 0 Å². The van der Waals surface area contributed by atoms with E-state index in [1.165, 1.54) is 35.7 Å². The van der Waals surface area contributed by atoms with Gasteiger partial charge in [-0.1, -0.05) is 54.6 Å². The second-order valence-corrected chi connectivity index (χ2v) is 7.35. The molecule has 4 rings (SSSR count). The Balaban J connectivity index is 0.000000207. The average molecular weight is 427 g/mol. The molecule has 0 aromatic heterocycles. The Kier molecular flexibility index (Phi) is 7.40. The molecule has 0 radical (unpaired) electrons. The Morgan fingerprint density at radius 2 is 0.969 bits per heavy atom. The summed E-state index contributed by atoms with van der Waals surface area (Å²) in [7, 11) is 3.37. The highest BCUT2D eigenvalue weighted by Gasteiger charge is 2.02. The van der Waals surface area contributed by atoms with E-state index in [0.717, 1.165) is 11.5 Å². The first-order chi connectivity index (χ1) is 15.4. The normalized spacial score (nSPS) is 10.1. The molecule has 0 fully saturated rings. The van der Waals surface area contributed by atoms with Crippen molar-refractivity contribution in [3.05, 3.63) is 96.1 Å². The SMILES string of the molecule is CC(=O)c1ccc(C(C)=O)cc1.COc1ccc(-c2ccc3cc(OC)ccc3c2)cc1. The fourth-order valence-electron chi connectivity index (χ4n) is 3.25. The highest BCUT2D eigenvalue weighted by molar-refractivity contribution is 5.97. The molecule has 0 aliphatic rings. The lowest BCUT2D eigenvalue weighted by molar-refractivity contribution is 0.100. The van der Waals surface area contributed by atoms with Gasteiger partial charge >= 0.3 is 0 Å². The van der Waals surface area contributed by atoms with E-state index in [-0.39, 0.29) is 11.6 Å². The van der Waals surface area contributed by atoms with Crippen LogP contribution in [0.2, 0.25) is 0 Å². The maximum absolute atomic E-state index is 10.8. The fourth-order valence-corrected chi connectivity index (χ4v) is 3.25. The van der Waals surface area contributed by atoms with Gasteiger partial charge in [0.15, 0.2) is 11.6 Å². The van der Waals surface area contributed by atoms with Gasteiger partial charge in [-0.2, -0.15) is 0 Å². The Morgan fingerprint density at radius 1 is 0.531 bits per heavy atom. The molecule has 0 bridgehead atoms. The molecule has 0 heterocycles. The first-order valence-electron chi connectivity index (χ1n) is 10.3. The van der Waals surface area contributed by atoms with Gasteiger partial charge in [0, 0.05) is 11.1 Å². The summed E-state index contributed by atoms with van der Waals surface area (Å²) < 4.78 is 10.4. The molecule has 4 aromatic rings. The van der Waals surface area contributed by atoms with E-state index >= 15 is 0 Å². The summed E-state index contributed by atoms with van der Waals surface area (Å²) in [6.07, 6.45) is 0. The van der Waals surface area contributed by atoms with Gasteiger partial charge in [-0.3, -0.25) is 9.59 Å². The van der Waals surface area contributed by atoms with Crippen molar-refractivity contribution in [1.82, 2.24) is 0 Å². The molecule has 0 N–H and O–H groups in total. The van der Waals surface area contributed by atoms with Gasteiger partial charge in [-0.25, -0.2) is 0 Å². The molecule has 0 aliphatic carbocycles. The highest BCUT2D eigenvalue weighted by Crippen LogP contribution is 2.28. The summed E-state index contributed by atoms with van der Waals surface area (Å²) in [5.74, 6) is 1.80. The van der Waals surface area contributed by atoms with E-state index in [2.05, 4.69) is 36.4 Å². The van der Waals surface area contributed by atoms with Crippen molar-refractivity contribution in [2.24, 2.45) is 0 Å². The van der Waals surface area contributed by atoms with Gasteiger partial charge in [0.1, 0.15) is 11.5 Å². The zero-order valence-electron chi connectivity index (χ0n) is 18.7. The summed E-state index contributed by atoms with van der Waals surface area (Å²) in [5.41, 5.74) is 3.66. The van der Waals surface area contributed by atoms with E-state index < -0.39 is 0 Å². The van der Waals surface area contributed by atoms with Crippen LogP contribution >= 0.6 is 0 Å². The molecule has 0 amide bonds. The zero-order valence-corrected chi connectivity index (χ0v) is 18.7. The van der Waals surface area contributed by atoms with Crippen molar-refractivity contribution in [2.45, 2.75) is 13.8 Å². The van der Waals surface area contributed by atoms with E-state index in [9.17, 15) is 9.59 Å². The first kappa shape index (κ1) is 22.8. The topological polar surface area (TPSA) is 52.6 Å². The van der Waals surface area contributed by atoms with Crippen molar-refractivity contribution in [3.63, 3.8) is 0 Å². The zero-order chi connectivity index (χ0) is 23.1. The summed E-state index contributed by atoms with van der Waals surface area (Å²) >= 11 is 0. The molecule has 4 heteroatoms. The number of Topliss-reactive ketones (excluding diaryl/α,β-unsaturated/α-hetero) is 2. The predicted molar refractivity (Wildman–Crippen MR) is 129 cm³/mol. The Hall–Kier alpha value is -3.92. The standard InChI is InChI=1S/C18H16O2.C10H10O2/c1-19-17-8-5-13(6-9-17)14-3-4-16-12-18(20-2)10-7-15(16)11-14;1-7(11)9-3-5-10(6-4-9)8(2)12/h3-12H,1-2H3;3-6H,1-2H3. The van der Waals surface area contributed by atoms with Crippen LogP contribution in [0.4, 0.5) is 0 Å². The summed E-state index contributed by atoms with van der Waals surface area (Å²) in [5, 5.41) is 2.39. The number of ether oxygens (including phenoxy) is 2. The van der Waals surface area contributed by atoms with Crippen molar-refractivity contribution in [2.75, 3.05) is 14.2 Å². The van der Waals surface area contributed by atoms with Crippen LogP contribution in [0.25, 0.3) is 21.9 Å². The van der Waals surface area contributed by atoms with Crippen molar-refractivity contribution in [1.29, 1.82) is 0 Å². The number of rotatable bonds is 5. The second kappa shape index (κ2) is 10.4. The second-order valence-electron chi connectivity index (χ2n) is 7.35. The van der Waals surface area contributed by atoms with Crippen molar-refractivity contribution < 1.29 is 19.1 Å². The number of benzene rings is 4. The van der Waals surface area contributed by atoms with Gasteiger partial charge in [0.05, 0.1) is 14.2 Å². The molecule has 32 heavy (non-hydrogen) atoms. The summed E-state index contributed by atoms with van der Waals surface area (Å²) in [6, 6.07) is 27.3. The van der Waals surface area contributed by atoms with Crippen LogP contribution in [0.15, 0.2) is 84.9 Å². The maximum atomic E-state index is 10.8. The van der Waals surface area contributed by atoms with E-state index in [1.54, 1.807) is 38.5 Å². The number of hydrogen-bond acceptors (Lipinski definition) is 4. The maximum Gasteiger partial charge on any atom is 0.159 e. The lowest BCUT2D eigenvalue weighted by atomic mass is 10.0. The first-order valence-corrected chi connectivity index (χ1v) is 10.3.